The van der Waals surface area contributed by atoms with Crippen LogP contribution in [0.3, 0.4) is 0 Å². The molecule has 0 bridgehead atoms. The molecular formula is C20H26Si2. The van der Waals surface area contributed by atoms with Crippen LogP contribution in [0.2, 0.25) is 39.3 Å². The second-order valence-electron chi connectivity index (χ2n) is 8.44. The van der Waals surface area contributed by atoms with Gasteiger partial charge in [-0.15, -0.1) is 0 Å². The molecule has 0 saturated heterocycles. The van der Waals surface area contributed by atoms with Crippen molar-refractivity contribution in [3.63, 3.8) is 0 Å². The van der Waals surface area contributed by atoms with Gasteiger partial charge >= 0.3 is 0 Å². The van der Waals surface area contributed by atoms with Crippen LogP contribution in [0.1, 0.15) is 0 Å². The molecule has 0 radical (unpaired) electrons. The van der Waals surface area contributed by atoms with Crippen LogP contribution >= 0.6 is 0 Å². The number of benzene rings is 3. The molecule has 0 amide bonds. The van der Waals surface area contributed by atoms with Gasteiger partial charge in [-0.3, -0.25) is 0 Å². The van der Waals surface area contributed by atoms with Crippen molar-refractivity contribution in [1.29, 1.82) is 0 Å². The minimum absolute atomic E-state index is 1.31. The summed E-state index contributed by atoms with van der Waals surface area (Å²) in [6, 6.07) is 18.5. The molecule has 0 spiro atoms. The topological polar surface area (TPSA) is 0 Å². The molecule has 2 heteroatoms. The zero-order valence-electron chi connectivity index (χ0n) is 14.6. The molecule has 114 valence electrons. The van der Waals surface area contributed by atoms with Gasteiger partial charge in [-0.1, -0.05) is 86.1 Å². The standard InChI is InChI=1S/C20H26Si2/c1-21(2,3)18-12-17-11-15-9-7-8-10-16(15)13-19(17)20(14-18)22(4,5)6/h7-14H,1-6H3. The monoisotopic (exact) mass is 322 g/mol. The molecule has 0 N–H and O–H groups in total. The molecule has 0 aliphatic rings. The van der Waals surface area contributed by atoms with Crippen LogP contribution in [-0.2, 0) is 0 Å². The van der Waals surface area contributed by atoms with Crippen molar-refractivity contribution in [2.24, 2.45) is 0 Å². The van der Waals surface area contributed by atoms with Crippen LogP contribution in [0.4, 0.5) is 0 Å². The predicted molar refractivity (Wildman–Crippen MR) is 107 cm³/mol. The normalized spacial score (nSPS) is 13.0. The van der Waals surface area contributed by atoms with Gasteiger partial charge in [0.2, 0.25) is 0 Å². The number of fused-ring (bicyclic) bond motifs is 2. The Morgan fingerprint density at radius 1 is 0.591 bits per heavy atom. The molecule has 0 unspecified atom stereocenters. The predicted octanol–water partition coefficient (Wildman–Crippen LogP) is 5.08. The SMILES string of the molecule is C[Si](C)(C)c1cc([Si](C)(C)C)c2cc3ccccc3cc2c1. The van der Waals surface area contributed by atoms with Gasteiger partial charge in [0.1, 0.15) is 0 Å². The van der Waals surface area contributed by atoms with E-state index in [2.05, 4.69) is 87.8 Å². The molecule has 0 aliphatic carbocycles. The molecule has 0 heterocycles. The van der Waals surface area contributed by atoms with Gasteiger partial charge in [-0.2, -0.15) is 0 Å². The van der Waals surface area contributed by atoms with Crippen molar-refractivity contribution in [3.05, 3.63) is 48.5 Å². The molecule has 0 atom stereocenters. The molecule has 3 aromatic carbocycles. The highest BCUT2D eigenvalue weighted by atomic mass is 28.3. The fraction of sp³-hybridized carbons (Fsp3) is 0.300. The van der Waals surface area contributed by atoms with Crippen LogP contribution in [-0.4, -0.2) is 16.1 Å². The van der Waals surface area contributed by atoms with Gasteiger partial charge in [-0.05, 0) is 33.7 Å². The molecule has 22 heavy (non-hydrogen) atoms. The van der Waals surface area contributed by atoms with Gasteiger partial charge in [0.15, 0.2) is 0 Å². The zero-order chi connectivity index (χ0) is 16.1. The first-order valence-corrected chi connectivity index (χ1v) is 15.1. The number of hydrogen-bond donors (Lipinski definition) is 0. The van der Waals surface area contributed by atoms with E-state index in [1.165, 1.54) is 21.5 Å². The Kier molecular flexibility index (Phi) is 3.57. The van der Waals surface area contributed by atoms with Gasteiger partial charge in [0.25, 0.3) is 0 Å². The highest BCUT2D eigenvalue weighted by Crippen LogP contribution is 2.23. The van der Waals surface area contributed by atoms with Gasteiger partial charge in [0, 0.05) is 0 Å². The average molecular weight is 323 g/mol. The summed E-state index contributed by atoms with van der Waals surface area (Å²) in [7, 11) is -2.68. The molecule has 0 fully saturated rings. The van der Waals surface area contributed by atoms with Crippen LogP contribution < -0.4 is 10.4 Å². The minimum atomic E-state index is -1.37. The molecule has 3 rings (SSSR count). The number of rotatable bonds is 2. The van der Waals surface area contributed by atoms with Gasteiger partial charge in [-0.25, -0.2) is 0 Å². The lowest BCUT2D eigenvalue weighted by Crippen LogP contribution is -2.45. The first kappa shape index (κ1) is 15.5. The third kappa shape index (κ3) is 2.78. The third-order valence-electron chi connectivity index (χ3n) is 4.49. The van der Waals surface area contributed by atoms with Gasteiger partial charge in [0.05, 0.1) is 16.1 Å². The summed E-state index contributed by atoms with van der Waals surface area (Å²) >= 11 is 0. The van der Waals surface area contributed by atoms with Crippen LogP contribution in [0, 0.1) is 0 Å². The summed E-state index contributed by atoms with van der Waals surface area (Å²) in [4.78, 5) is 0. The van der Waals surface area contributed by atoms with E-state index in [9.17, 15) is 0 Å². The van der Waals surface area contributed by atoms with E-state index in [1.54, 1.807) is 10.4 Å². The van der Waals surface area contributed by atoms with E-state index in [1.807, 2.05) is 0 Å². The van der Waals surface area contributed by atoms with Crippen molar-refractivity contribution in [2.75, 3.05) is 0 Å². The zero-order valence-corrected chi connectivity index (χ0v) is 16.6. The lowest BCUT2D eigenvalue weighted by atomic mass is 10.0. The van der Waals surface area contributed by atoms with E-state index in [4.69, 9.17) is 0 Å². The van der Waals surface area contributed by atoms with E-state index < -0.39 is 16.1 Å². The fourth-order valence-electron chi connectivity index (χ4n) is 3.11. The summed E-state index contributed by atoms with van der Waals surface area (Å²) in [6.07, 6.45) is 0. The fourth-order valence-corrected chi connectivity index (χ4v) is 6.03. The van der Waals surface area contributed by atoms with Crippen molar-refractivity contribution in [2.45, 2.75) is 39.3 Å². The summed E-state index contributed by atoms with van der Waals surface area (Å²) in [5, 5.41) is 8.82. The Hall–Kier alpha value is -1.39. The summed E-state index contributed by atoms with van der Waals surface area (Å²) < 4.78 is 0. The average Bonchev–Trinajstić information content (AvgIpc) is 2.41. The first-order valence-electron chi connectivity index (χ1n) is 8.14. The minimum Gasteiger partial charge on any atom is -0.0656 e. The second kappa shape index (κ2) is 5.07. The third-order valence-corrected chi connectivity index (χ3v) is 8.54. The van der Waals surface area contributed by atoms with E-state index in [0.29, 0.717) is 0 Å². The quantitative estimate of drug-likeness (QED) is 0.456. The van der Waals surface area contributed by atoms with Crippen molar-refractivity contribution >= 4 is 48.1 Å². The van der Waals surface area contributed by atoms with E-state index in [0.717, 1.165) is 0 Å². The van der Waals surface area contributed by atoms with Crippen molar-refractivity contribution in [3.8, 4) is 0 Å². The second-order valence-corrected chi connectivity index (χ2v) is 18.6. The van der Waals surface area contributed by atoms with E-state index >= 15 is 0 Å². The largest absolute Gasteiger partial charge is 0.0784 e. The smallest absolute Gasteiger partial charge is 0.0656 e. The summed E-state index contributed by atoms with van der Waals surface area (Å²) in [6.45, 7) is 14.7. The maximum Gasteiger partial charge on any atom is 0.0784 e. The maximum absolute atomic E-state index is 2.54. The molecular weight excluding hydrogens is 296 g/mol. The Bertz CT molecular complexity index is 849. The van der Waals surface area contributed by atoms with E-state index in [-0.39, 0.29) is 0 Å². The van der Waals surface area contributed by atoms with Crippen molar-refractivity contribution in [1.82, 2.24) is 0 Å². The Balaban J connectivity index is 2.44. The Morgan fingerprint density at radius 3 is 1.73 bits per heavy atom. The summed E-state index contributed by atoms with van der Waals surface area (Å²) in [5.74, 6) is 0. The maximum atomic E-state index is 2.54. The Morgan fingerprint density at radius 2 is 1.18 bits per heavy atom. The molecule has 0 nitrogen and oxygen atoms in total. The molecule has 0 aromatic heterocycles. The Labute approximate surface area is 136 Å². The number of hydrogen-bond acceptors (Lipinski definition) is 0. The van der Waals surface area contributed by atoms with Crippen LogP contribution in [0.25, 0.3) is 21.5 Å². The highest BCUT2D eigenvalue weighted by Gasteiger charge is 2.24. The molecule has 0 saturated carbocycles. The first-order chi connectivity index (χ1) is 10.2. The van der Waals surface area contributed by atoms with Crippen molar-refractivity contribution < 1.29 is 0 Å². The summed E-state index contributed by atoms with van der Waals surface area (Å²) in [5.41, 5.74) is 0. The van der Waals surface area contributed by atoms with Crippen LogP contribution in [0.5, 0.6) is 0 Å². The molecule has 0 aliphatic heterocycles. The lowest BCUT2D eigenvalue weighted by Gasteiger charge is -2.25. The van der Waals surface area contributed by atoms with Crippen LogP contribution in [0.15, 0.2) is 48.5 Å². The lowest BCUT2D eigenvalue weighted by molar-refractivity contribution is 1.70. The van der Waals surface area contributed by atoms with Gasteiger partial charge < -0.3 is 0 Å². The highest BCUT2D eigenvalue weighted by molar-refractivity contribution is 6.92. The molecule has 3 aromatic rings.